The lowest BCUT2D eigenvalue weighted by atomic mass is 9.96. The molecule has 1 saturated heterocycles. The summed E-state index contributed by atoms with van der Waals surface area (Å²) in [6, 6.07) is 9.63. The summed E-state index contributed by atoms with van der Waals surface area (Å²) in [4.78, 5) is 87.5. The standard InChI is InChI=1S/C40H48N6O10/c1-21-35(49)42-22(2)38(52)44(4)29(18-24-8-13-27(55-7)14-9-24)37(51)43-23(3)39(53)46(6)33-34(48)26-11-15-28(16-12-26)56-32-20-25(10-17-31(32)47)19-30(36(50)41-21)45(5)40(33)54/h8-17,20-23,29-30,33-34,47-48H,18-19H2,1-7H3,(H,41,50)(H,42,49)(H,43,51)/t21-,22-,23+,29+,30-,33+,34+/m0/s1. The number of carbonyl (C=O) groups excluding carboxylic acids is 6. The number of amides is 6. The van der Waals surface area contributed by atoms with E-state index >= 15 is 0 Å². The van der Waals surface area contributed by atoms with Crippen LogP contribution in [0.15, 0.2) is 66.7 Å². The van der Waals surface area contributed by atoms with Crippen LogP contribution in [0.3, 0.4) is 0 Å². The van der Waals surface area contributed by atoms with Gasteiger partial charge in [-0.15, -0.1) is 0 Å². The Bertz CT molecular complexity index is 1970. The molecule has 3 aromatic carbocycles. The van der Waals surface area contributed by atoms with E-state index in [-0.39, 0.29) is 29.9 Å². The number of phenols is 1. The van der Waals surface area contributed by atoms with Crippen LogP contribution in [0.25, 0.3) is 0 Å². The zero-order valence-corrected chi connectivity index (χ0v) is 32.3. The molecule has 56 heavy (non-hydrogen) atoms. The number of nitrogens with one attached hydrogen (secondary N) is 3. The first-order chi connectivity index (χ1) is 26.5. The van der Waals surface area contributed by atoms with E-state index in [1.807, 2.05) is 0 Å². The lowest BCUT2D eigenvalue weighted by Gasteiger charge is -2.38. The van der Waals surface area contributed by atoms with Crippen molar-refractivity contribution in [3.8, 4) is 23.0 Å². The van der Waals surface area contributed by atoms with Crippen molar-refractivity contribution in [2.24, 2.45) is 0 Å². The third-order valence-electron chi connectivity index (χ3n) is 10.3. The largest absolute Gasteiger partial charge is 0.504 e. The van der Waals surface area contributed by atoms with Crippen LogP contribution in [0.4, 0.5) is 0 Å². The molecular formula is C40H48N6O10. The number of ether oxygens (including phenoxy) is 2. The Kier molecular flexibility index (Phi) is 12.5. The summed E-state index contributed by atoms with van der Waals surface area (Å²) in [5.41, 5.74) is 1.36. The van der Waals surface area contributed by atoms with Crippen molar-refractivity contribution in [1.82, 2.24) is 30.7 Å². The van der Waals surface area contributed by atoms with Crippen molar-refractivity contribution in [2.45, 2.75) is 76.0 Å². The van der Waals surface area contributed by atoms with Crippen LogP contribution in [-0.4, -0.2) is 125 Å². The predicted molar refractivity (Wildman–Crippen MR) is 202 cm³/mol. The smallest absolute Gasteiger partial charge is 0.248 e. The van der Waals surface area contributed by atoms with Crippen molar-refractivity contribution in [3.05, 3.63) is 83.4 Å². The molecule has 6 bridgehead atoms. The zero-order chi connectivity index (χ0) is 41.0. The highest BCUT2D eigenvalue weighted by molar-refractivity contribution is 5.98. The van der Waals surface area contributed by atoms with Crippen LogP contribution >= 0.6 is 0 Å². The maximum Gasteiger partial charge on any atom is 0.248 e. The van der Waals surface area contributed by atoms with Crippen molar-refractivity contribution >= 4 is 35.4 Å². The number of benzene rings is 3. The molecule has 0 aliphatic carbocycles. The number of nitrogens with zero attached hydrogens (tertiary/aromatic N) is 3. The number of rotatable bonds is 3. The second-order valence-corrected chi connectivity index (χ2v) is 14.2. The van der Waals surface area contributed by atoms with Gasteiger partial charge in [-0.3, -0.25) is 28.8 Å². The number of hydrogen-bond acceptors (Lipinski definition) is 10. The second-order valence-electron chi connectivity index (χ2n) is 14.2. The van der Waals surface area contributed by atoms with Gasteiger partial charge in [0.1, 0.15) is 53.9 Å². The first-order valence-electron chi connectivity index (χ1n) is 18.1. The Labute approximate surface area is 324 Å². The van der Waals surface area contributed by atoms with E-state index in [2.05, 4.69) is 16.0 Å². The topological polar surface area (TPSA) is 207 Å². The number of fused-ring (bicyclic) bond motifs is 2. The maximum absolute atomic E-state index is 14.6. The number of carbonyl (C=O) groups is 6. The lowest BCUT2D eigenvalue weighted by Crippen LogP contribution is -2.62. The van der Waals surface area contributed by atoms with Crippen LogP contribution in [-0.2, 0) is 41.6 Å². The second kappa shape index (κ2) is 17.1. The summed E-state index contributed by atoms with van der Waals surface area (Å²) < 4.78 is 11.2. The van der Waals surface area contributed by atoms with E-state index in [9.17, 15) is 39.0 Å². The fourth-order valence-electron chi connectivity index (χ4n) is 6.75. The number of methoxy groups -OCH3 is 1. The fraction of sp³-hybridized carbons (Fsp3) is 0.400. The van der Waals surface area contributed by atoms with Crippen molar-refractivity contribution in [3.63, 3.8) is 0 Å². The van der Waals surface area contributed by atoms with E-state index in [4.69, 9.17) is 9.47 Å². The van der Waals surface area contributed by atoms with Gasteiger partial charge >= 0.3 is 0 Å². The maximum atomic E-state index is 14.6. The van der Waals surface area contributed by atoms with Crippen molar-refractivity contribution < 1.29 is 48.5 Å². The van der Waals surface area contributed by atoms with Crippen molar-refractivity contribution in [1.29, 1.82) is 0 Å². The first-order valence-corrected chi connectivity index (χ1v) is 18.1. The molecule has 0 aromatic heterocycles. The van der Waals surface area contributed by atoms with E-state index in [0.29, 0.717) is 22.6 Å². The molecule has 16 nitrogen and oxygen atoms in total. The van der Waals surface area contributed by atoms with E-state index in [1.165, 1.54) is 90.3 Å². The molecule has 0 saturated carbocycles. The monoisotopic (exact) mass is 772 g/mol. The average molecular weight is 773 g/mol. The minimum atomic E-state index is -1.64. The molecule has 6 rings (SSSR count). The predicted octanol–water partition coefficient (Wildman–Crippen LogP) is 1.03. The van der Waals surface area contributed by atoms with Gasteiger partial charge in [0.15, 0.2) is 11.5 Å². The molecule has 6 amide bonds. The average Bonchev–Trinajstić information content (AvgIpc) is 3.18. The molecule has 3 aromatic rings. The van der Waals surface area contributed by atoms with Crippen LogP contribution in [0.2, 0.25) is 0 Å². The number of likely N-dealkylation sites (N-methyl/N-ethyl adjacent to an activating group) is 3. The van der Waals surface area contributed by atoms with E-state index in [0.717, 1.165) is 9.80 Å². The summed E-state index contributed by atoms with van der Waals surface area (Å²) in [5, 5.41) is 30.3. The molecule has 16 heteroatoms. The van der Waals surface area contributed by atoms with E-state index in [1.54, 1.807) is 30.3 Å². The molecule has 7 atom stereocenters. The molecule has 5 N–H and O–H groups in total. The van der Waals surface area contributed by atoms with Gasteiger partial charge in [0.2, 0.25) is 35.4 Å². The van der Waals surface area contributed by atoms with Crippen molar-refractivity contribution in [2.75, 3.05) is 28.3 Å². The number of aromatic hydroxyl groups is 1. The van der Waals surface area contributed by atoms with Gasteiger partial charge in [-0.2, -0.15) is 0 Å². The Morgan fingerprint density at radius 1 is 0.714 bits per heavy atom. The Morgan fingerprint density at radius 3 is 1.93 bits per heavy atom. The zero-order valence-electron chi connectivity index (χ0n) is 32.3. The van der Waals surface area contributed by atoms with Gasteiger partial charge in [-0.05, 0) is 73.9 Å². The highest BCUT2D eigenvalue weighted by atomic mass is 16.5. The summed E-state index contributed by atoms with van der Waals surface area (Å²) in [6.07, 6.45) is -1.76. The van der Waals surface area contributed by atoms with Gasteiger partial charge in [0.05, 0.1) is 7.11 Å². The highest BCUT2D eigenvalue weighted by Crippen LogP contribution is 2.34. The third kappa shape index (κ3) is 8.86. The molecule has 0 spiro atoms. The number of aliphatic hydroxyl groups is 1. The summed E-state index contributed by atoms with van der Waals surface area (Å²) in [6.45, 7) is 4.27. The molecule has 1 fully saturated rings. The molecule has 3 heterocycles. The quantitative estimate of drug-likeness (QED) is 0.256. The highest BCUT2D eigenvalue weighted by Gasteiger charge is 2.42. The van der Waals surface area contributed by atoms with Gasteiger partial charge in [-0.1, -0.05) is 30.3 Å². The molecule has 0 radical (unpaired) electrons. The Hall–Kier alpha value is -6.16. The van der Waals surface area contributed by atoms with Gasteiger partial charge in [0, 0.05) is 34.0 Å². The Morgan fingerprint density at radius 2 is 1.30 bits per heavy atom. The minimum Gasteiger partial charge on any atom is -0.504 e. The van der Waals surface area contributed by atoms with Crippen LogP contribution in [0.5, 0.6) is 23.0 Å². The first kappa shape index (κ1) is 41.0. The number of aliphatic hydroxyl groups excluding tert-OH is 1. The molecular weight excluding hydrogens is 724 g/mol. The van der Waals surface area contributed by atoms with Crippen LogP contribution < -0.4 is 25.4 Å². The summed E-state index contributed by atoms with van der Waals surface area (Å²) in [5.74, 6) is -3.58. The molecule has 0 unspecified atom stereocenters. The SMILES string of the molecule is COc1ccc(C[C@@H]2C(=O)N[C@H](C)C(=O)N(C)[C@H]3C(=O)N(C)[C@@H](Cc4ccc(O)c(c4)Oc4ccc(cc4)[C@H]3O)C(=O)N[C@@H](C)C(=O)N[C@@H](C)C(=O)N2C)cc1. The number of hydrogen-bond donors (Lipinski definition) is 5. The lowest BCUT2D eigenvalue weighted by molar-refractivity contribution is -0.153. The van der Waals surface area contributed by atoms with Gasteiger partial charge in [-0.25, -0.2) is 0 Å². The summed E-state index contributed by atoms with van der Waals surface area (Å²) >= 11 is 0. The molecule has 3 aliphatic heterocycles. The third-order valence-corrected chi connectivity index (χ3v) is 10.3. The summed E-state index contributed by atoms with van der Waals surface area (Å²) in [7, 11) is 5.57. The van der Waals surface area contributed by atoms with Gasteiger partial charge in [0.25, 0.3) is 0 Å². The van der Waals surface area contributed by atoms with Crippen LogP contribution in [0.1, 0.15) is 43.6 Å². The normalized spacial score (nSPS) is 25.7. The fourth-order valence-corrected chi connectivity index (χ4v) is 6.75. The Balaban J connectivity index is 1.60. The van der Waals surface area contributed by atoms with Crippen LogP contribution in [0, 0.1) is 0 Å². The van der Waals surface area contributed by atoms with Gasteiger partial charge < -0.3 is 50.3 Å². The van der Waals surface area contributed by atoms with E-state index < -0.39 is 77.8 Å². The molecule has 3 aliphatic rings. The molecule has 298 valence electrons. The number of phenolic OH excluding ortho intramolecular Hbond substituents is 1. The minimum absolute atomic E-state index is 0.0240.